The van der Waals surface area contributed by atoms with Gasteiger partial charge in [0.2, 0.25) is 17.7 Å². The Morgan fingerprint density at radius 2 is 1.94 bits per heavy atom. The Hall–Kier alpha value is -3.60. The van der Waals surface area contributed by atoms with E-state index in [1.165, 1.54) is 5.01 Å². The van der Waals surface area contributed by atoms with Gasteiger partial charge in [-0.25, -0.2) is 5.01 Å². The molecule has 13 nitrogen and oxygen atoms in total. The van der Waals surface area contributed by atoms with Crippen LogP contribution in [0.15, 0.2) is 0 Å². The number of nitrogens with one attached hydrogen (secondary N) is 3. The third-order valence-corrected chi connectivity index (χ3v) is 5.49. The minimum Gasteiger partial charge on any atom is -0.550 e. The monoisotopic (exact) mass is 464 g/mol. The van der Waals surface area contributed by atoms with Gasteiger partial charge in [-0.3, -0.25) is 29.0 Å². The molecule has 0 aromatic heterocycles. The second-order valence-electron chi connectivity index (χ2n) is 8.24. The Bertz CT molecular complexity index is 882. The van der Waals surface area contributed by atoms with Crippen molar-refractivity contribution in [2.24, 2.45) is 5.92 Å². The summed E-state index contributed by atoms with van der Waals surface area (Å²) < 4.78 is 0. The van der Waals surface area contributed by atoms with Gasteiger partial charge < -0.3 is 20.5 Å². The SMILES string of the molecule is CC(C)C(=O)N[C@H]1CCC(=O)N2CCC[C@@H](C(=O)N[C@@H](CCC(=O)[O-])C(=O)C=[N+]=N)N2C1=O. The highest BCUT2D eigenvalue weighted by molar-refractivity contribution is 6.28. The lowest BCUT2D eigenvalue weighted by molar-refractivity contribution is -0.305. The van der Waals surface area contributed by atoms with Crippen molar-refractivity contribution in [1.82, 2.24) is 20.7 Å². The van der Waals surface area contributed by atoms with Crippen LogP contribution >= 0.6 is 0 Å². The van der Waals surface area contributed by atoms with Crippen LogP contribution in [0.1, 0.15) is 52.4 Å². The van der Waals surface area contributed by atoms with Crippen LogP contribution in [0.5, 0.6) is 0 Å². The van der Waals surface area contributed by atoms with Crippen molar-refractivity contribution in [1.29, 1.82) is 5.53 Å². The molecule has 2 rings (SSSR count). The molecule has 3 atom stereocenters. The number of hydrogen-bond acceptors (Lipinski definition) is 8. The third-order valence-electron chi connectivity index (χ3n) is 5.49. The molecule has 13 heteroatoms. The molecule has 0 unspecified atom stereocenters. The van der Waals surface area contributed by atoms with Gasteiger partial charge in [0.1, 0.15) is 12.1 Å². The van der Waals surface area contributed by atoms with E-state index in [4.69, 9.17) is 5.53 Å². The minimum atomic E-state index is -1.43. The van der Waals surface area contributed by atoms with Gasteiger partial charge in [-0.1, -0.05) is 13.8 Å². The summed E-state index contributed by atoms with van der Waals surface area (Å²) in [5, 5.41) is 18.1. The van der Waals surface area contributed by atoms with Crippen LogP contribution in [0.2, 0.25) is 0 Å². The Balaban J connectivity index is 2.28. The summed E-state index contributed by atoms with van der Waals surface area (Å²) in [4.78, 5) is 77.0. The zero-order valence-electron chi connectivity index (χ0n) is 18.5. The van der Waals surface area contributed by atoms with Gasteiger partial charge >= 0.3 is 6.21 Å². The topological polar surface area (TPSA) is 194 Å². The van der Waals surface area contributed by atoms with E-state index >= 15 is 0 Å². The van der Waals surface area contributed by atoms with Crippen LogP contribution in [0.25, 0.3) is 0 Å². The van der Waals surface area contributed by atoms with E-state index in [-0.39, 0.29) is 50.0 Å². The molecule has 2 aliphatic heterocycles. The van der Waals surface area contributed by atoms with Crippen LogP contribution in [-0.4, -0.2) is 81.1 Å². The van der Waals surface area contributed by atoms with Crippen LogP contribution in [0, 0.1) is 11.4 Å². The maximum atomic E-state index is 13.3. The standard InChI is InChI=1S/C20H28N6O7/c1-11(2)18(31)24-13-5-7-16(28)25-9-3-4-14(26(25)20(13)33)19(32)23-12(6-8-17(29)30)15(27)10-22-21/h10-14,21H,3-9H2,1-2H3,(H2-,23,24,29,30,31,32)/t12-,13-,14-/m0/s1. The maximum Gasteiger partial charge on any atom is 0.374 e. The number of amides is 4. The van der Waals surface area contributed by atoms with E-state index in [1.807, 2.05) is 0 Å². The number of hydrazine groups is 1. The van der Waals surface area contributed by atoms with E-state index in [1.54, 1.807) is 13.8 Å². The molecule has 0 saturated carbocycles. The first-order chi connectivity index (χ1) is 15.6. The minimum absolute atomic E-state index is 0.00626. The number of carbonyl (C=O) groups excluding carboxylic acids is 6. The molecule has 0 bridgehead atoms. The summed E-state index contributed by atoms with van der Waals surface area (Å²) in [6.45, 7) is 3.54. The first-order valence-corrected chi connectivity index (χ1v) is 10.7. The van der Waals surface area contributed by atoms with Gasteiger partial charge in [-0.05, 0) is 32.1 Å². The van der Waals surface area contributed by atoms with Gasteiger partial charge in [0.15, 0.2) is 0 Å². The molecule has 33 heavy (non-hydrogen) atoms. The fraction of sp³-hybridized carbons (Fsp3) is 0.650. The largest absolute Gasteiger partial charge is 0.550 e. The molecule has 0 aromatic carbocycles. The fourth-order valence-electron chi connectivity index (χ4n) is 3.71. The lowest BCUT2D eigenvalue weighted by Gasteiger charge is -2.43. The van der Waals surface area contributed by atoms with Gasteiger partial charge in [0, 0.05) is 24.9 Å². The Morgan fingerprint density at radius 1 is 1.24 bits per heavy atom. The normalized spacial score (nSPS) is 21.4. The molecule has 0 radical (unpaired) electrons. The molecular formula is C20H28N6O7. The van der Waals surface area contributed by atoms with Crippen molar-refractivity contribution in [3.63, 3.8) is 0 Å². The summed E-state index contributed by atoms with van der Waals surface area (Å²) in [6.07, 6.45) is 0.531. The number of carboxylic acids is 1. The highest BCUT2D eigenvalue weighted by Crippen LogP contribution is 2.25. The molecule has 2 fully saturated rings. The van der Waals surface area contributed by atoms with Crippen molar-refractivity contribution in [2.75, 3.05) is 6.54 Å². The second-order valence-corrected chi connectivity index (χ2v) is 8.24. The van der Waals surface area contributed by atoms with E-state index in [2.05, 4.69) is 15.4 Å². The molecule has 0 aromatic rings. The van der Waals surface area contributed by atoms with Crippen LogP contribution in [0.4, 0.5) is 0 Å². The molecular weight excluding hydrogens is 436 g/mol. The van der Waals surface area contributed by atoms with Crippen molar-refractivity contribution >= 4 is 41.6 Å². The van der Waals surface area contributed by atoms with Crippen molar-refractivity contribution < 1.29 is 38.7 Å². The predicted molar refractivity (Wildman–Crippen MR) is 108 cm³/mol. The lowest BCUT2D eigenvalue weighted by atomic mass is 10.0. The summed E-state index contributed by atoms with van der Waals surface area (Å²) in [6, 6.07) is -3.43. The average Bonchev–Trinajstić information content (AvgIpc) is 2.88. The van der Waals surface area contributed by atoms with E-state index < -0.39 is 48.1 Å². The lowest BCUT2D eigenvalue weighted by Crippen LogP contribution is -2.64. The van der Waals surface area contributed by atoms with E-state index in [0.717, 1.165) is 5.01 Å². The summed E-state index contributed by atoms with van der Waals surface area (Å²) in [7, 11) is 0. The quantitative estimate of drug-likeness (QED) is 0.191. The highest BCUT2D eigenvalue weighted by Gasteiger charge is 2.45. The summed E-state index contributed by atoms with van der Waals surface area (Å²) >= 11 is 0. The Labute approximate surface area is 190 Å². The number of fused-ring (bicyclic) bond motifs is 1. The molecule has 2 heterocycles. The molecule has 0 aliphatic carbocycles. The third kappa shape index (κ3) is 6.45. The Morgan fingerprint density at radius 3 is 2.55 bits per heavy atom. The second kappa shape index (κ2) is 11.3. The van der Waals surface area contributed by atoms with Gasteiger partial charge in [-0.2, -0.15) is 0 Å². The van der Waals surface area contributed by atoms with Gasteiger partial charge in [-0.15, -0.1) is 0 Å². The molecule has 4 amide bonds. The maximum absolute atomic E-state index is 13.3. The van der Waals surface area contributed by atoms with Crippen molar-refractivity contribution in [3.05, 3.63) is 0 Å². The zero-order chi connectivity index (χ0) is 24.7. The molecule has 3 N–H and O–H groups in total. The zero-order valence-corrected chi connectivity index (χ0v) is 18.5. The number of aliphatic carboxylic acids is 1. The molecule has 2 aliphatic rings. The number of rotatable bonds is 9. The predicted octanol–water partition coefficient (Wildman–Crippen LogP) is -2.45. The first-order valence-electron chi connectivity index (χ1n) is 10.7. The van der Waals surface area contributed by atoms with Crippen LogP contribution in [-0.2, 0) is 28.8 Å². The van der Waals surface area contributed by atoms with Gasteiger partial charge in [0.05, 0.1) is 16.4 Å². The average molecular weight is 464 g/mol. The van der Waals surface area contributed by atoms with Crippen molar-refractivity contribution in [2.45, 2.75) is 70.5 Å². The summed E-state index contributed by atoms with van der Waals surface area (Å²) in [5.74, 6) is -4.70. The smallest absolute Gasteiger partial charge is 0.374 e. The van der Waals surface area contributed by atoms with Crippen LogP contribution < -0.4 is 15.7 Å². The number of carbonyl (C=O) groups is 6. The number of nitrogens with zero attached hydrogens (tertiary/aromatic N) is 3. The summed E-state index contributed by atoms with van der Waals surface area (Å²) in [5.41, 5.74) is 6.80. The number of hydrogen-bond donors (Lipinski definition) is 3. The number of ketones is 1. The van der Waals surface area contributed by atoms with E-state index in [9.17, 15) is 33.9 Å². The van der Waals surface area contributed by atoms with E-state index in [0.29, 0.717) is 12.6 Å². The Kier molecular flexibility index (Phi) is 8.80. The number of Topliss-reactive ketones (excluding diaryl/α,β-unsaturated/α-hetero) is 1. The highest BCUT2D eigenvalue weighted by atomic mass is 16.4. The molecule has 2 saturated heterocycles. The molecule has 0 spiro atoms. The van der Waals surface area contributed by atoms with Crippen LogP contribution in [0.3, 0.4) is 0 Å². The number of carboxylic acid groups (broad SMARTS) is 1. The van der Waals surface area contributed by atoms with Crippen molar-refractivity contribution in [3.8, 4) is 0 Å². The molecule has 180 valence electrons. The van der Waals surface area contributed by atoms with Gasteiger partial charge in [0.25, 0.3) is 11.7 Å². The fourth-order valence-corrected chi connectivity index (χ4v) is 3.71. The first kappa shape index (κ1) is 25.7.